The topological polar surface area (TPSA) is 92.5 Å². The van der Waals surface area contributed by atoms with Crippen molar-refractivity contribution in [3.63, 3.8) is 0 Å². The fourth-order valence-electron chi connectivity index (χ4n) is 2.88. The van der Waals surface area contributed by atoms with Gasteiger partial charge in [0, 0.05) is 36.3 Å². The zero-order valence-corrected chi connectivity index (χ0v) is 12.0. The number of carbonyl (C=O) groups is 1. The van der Waals surface area contributed by atoms with Crippen molar-refractivity contribution >= 4 is 11.6 Å². The number of nitro groups is 1. The Kier molecular flexibility index (Phi) is 4.90. The van der Waals surface area contributed by atoms with Crippen molar-refractivity contribution in [3.05, 3.63) is 39.4 Å². The second-order valence-electron chi connectivity index (χ2n) is 5.56. The zero-order chi connectivity index (χ0) is 15.4. The zero-order valence-electron chi connectivity index (χ0n) is 12.0. The van der Waals surface area contributed by atoms with Gasteiger partial charge in [0.1, 0.15) is 0 Å². The standard InChI is InChI=1S/C15H20N2O4/c1-10-8-12(17(20)21)6-7-13(10)15(19)16-14-5-3-2-4-11(14)9-18/h6-8,11,14,18H,2-5,9H2,1H3,(H,16,19). The number of hydrogen-bond donors (Lipinski definition) is 2. The molecule has 21 heavy (non-hydrogen) atoms. The van der Waals surface area contributed by atoms with Crippen molar-refractivity contribution in [2.75, 3.05) is 6.61 Å². The predicted octanol–water partition coefficient (Wildman–Crippen LogP) is 2.18. The molecule has 114 valence electrons. The number of amides is 1. The number of rotatable bonds is 4. The number of non-ortho nitro benzene ring substituents is 1. The van der Waals surface area contributed by atoms with Crippen LogP contribution in [0.5, 0.6) is 0 Å². The summed E-state index contributed by atoms with van der Waals surface area (Å²) in [5.74, 6) is -0.131. The fourth-order valence-corrected chi connectivity index (χ4v) is 2.88. The summed E-state index contributed by atoms with van der Waals surface area (Å²) in [6, 6.07) is 4.21. The summed E-state index contributed by atoms with van der Waals surface area (Å²) in [7, 11) is 0. The molecule has 1 aliphatic rings. The first-order valence-electron chi connectivity index (χ1n) is 7.19. The molecule has 0 spiro atoms. The lowest BCUT2D eigenvalue weighted by molar-refractivity contribution is -0.384. The van der Waals surface area contributed by atoms with E-state index in [2.05, 4.69) is 5.32 Å². The van der Waals surface area contributed by atoms with E-state index in [9.17, 15) is 20.0 Å². The van der Waals surface area contributed by atoms with E-state index < -0.39 is 4.92 Å². The van der Waals surface area contributed by atoms with Crippen LogP contribution in [0.3, 0.4) is 0 Å². The van der Waals surface area contributed by atoms with Crippen LogP contribution in [-0.2, 0) is 0 Å². The van der Waals surface area contributed by atoms with Crippen molar-refractivity contribution in [2.24, 2.45) is 5.92 Å². The van der Waals surface area contributed by atoms with Crippen molar-refractivity contribution in [2.45, 2.75) is 38.6 Å². The lowest BCUT2D eigenvalue weighted by Crippen LogP contribution is -2.43. The molecule has 2 N–H and O–H groups in total. The van der Waals surface area contributed by atoms with Gasteiger partial charge in [-0.15, -0.1) is 0 Å². The number of carbonyl (C=O) groups excluding carboxylic acids is 1. The molecule has 2 rings (SSSR count). The molecule has 1 aromatic rings. The monoisotopic (exact) mass is 292 g/mol. The predicted molar refractivity (Wildman–Crippen MR) is 78.1 cm³/mol. The normalized spacial score (nSPS) is 21.8. The number of hydrogen-bond acceptors (Lipinski definition) is 4. The quantitative estimate of drug-likeness (QED) is 0.657. The SMILES string of the molecule is Cc1cc([N+](=O)[O-])ccc1C(=O)NC1CCCCC1CO. The molecule has 1 saturated carbocycles. The molecule has 1 fully saturated rings. The van der Waals surface area contributed by atoms with Crippen LogP contribution in [0.25, 0.3) is 0 Å². The smallest absolute Gasteiger partial charge is 0.269 e. The molecule has 1 amide bonds. The van der Waals surface area contributed by atoms with E-state index in [0.717, 1.165) is 25.7 Å². The van der Waals surface area contributed by atoms with Crippen LogP contribution >= 0.6 is 0 Å². The molecule has 0 aliphatic heterocycles. The number of benzene rings is 1. The van der Waals surface area contributed by atoms with Gasteiger partial charge in [0.15, 0.2) is 0 Å². The number of aryl methyl sites for hydroxylation is 1. The Balaban J connectivity index is 2.11. The first-order valence-corrected chi connectivity index (χ1v) is 7.19. The van der Waals surface area contributed by atoms with E-state index in [-0.39, 0.29) is 30.2 Å². The summed E-state index contributed by atoms with van der Waals surface area (Å²) < 4.78 is 0. The summed E-state index contributed by atoms with van der Waals surface area (Å²) in [6.45, 7) is 1.76. The minimum atomic E-state index is -0.475. The molecular weight excluding hydrogens is 272 g/mol. The third kappa shape index (κ3) is 3.58. The van der Waals surface area contributed by atoms with Gasteiger partial charge in [0.05, 0.1) is 4.92 Å². The largest absolute Gasteiger partial charge is 0.396 e. The molecule has 1 aromatic carbocycles. The fraction of sp³-hybridized carbons (Fsp3) is 0.533. The molecule has 0 radical (unpaired) electrons. The molecule has 1 aliphatic carbocycles. The Morgan fingerprint density at radius 1 is 1.43 bits per heavy atom. The highest BCUT2D eigenvalue weighted by Crippen LogP contribution is 2.25. The Morgan fingerprint density at radius 2 is 2.14 bits per heavy atom. The van der Waals surface area contributed by atoms with Crippen LogP contribution in [0.15, 0.2) is 18.2 Å². The van der Waals surface area contributed by atoms with Crippen molar-refractivity contribution in [3.8, 4) is 0 Å². The van der Waals surface area contributed by atoms with E-state index in [1.165, 1.54) is 18.2 Å². The average Bonchev–Trinajstić information content (AvgIpc) is 2.47. The second kappa shape index (κ2) is 6.67. The van der Waals surface area contributed by atoms with Crippen molar-refractivity contribution in [1.82, 2.24) is 5.32 Å². The summed E-state index contributed by atoms with van der Waals surface area (Å²) in [6.07, 6.45) is 3.90. The molecule has 0 bridgehead atoms. The van der Waals surface area contributed by atoms with Gasteiger partial charge in [0.2, 0.25) is 0 Å². The number of aliphatic hydroxyl groups excluding tert-OH is 1. The highest BCUT2D eigenvalue weighted by Gasteiger charge is 2.26. The van der Waals surface area contributed by atoms with Gasteiger partial charge in [-0.1, -0.05) is 12.8 Å². The third-order valence-electron chi connectivity index (χ3n) is 4.13. The first-order chi connectivity index (χ1) is 10.0. The number of aliphatic hydroxyl groups is 1. The Morgan fingerprint density at radius 3 is 2.76 bits per heavy atom. The van der Waals surface area contributed by atoms with Crippen LogP contribution in [-0.4, -0.2) is 28.6 Å². The highest BCUT2D eigenvalue weighted by atomic mass is 16.6. The first kappa shape index (κ1) is 15.4. The Labute approximate surface area is 123 Å². The third-order valence-corrected chi connectivity index (χ3v) is 4.13. The van der Waals surface area contributed by atoms with Crippen LogP contribution in [0.4, 0.5) is 5.69 Å². The minimum Gasteiger partial charge on any atom is -0.396 e. The Bertz CT molecular complexity index is 544. The molecule has 0 aromatic heterocycles. The maximum Gasteiger partial charge on any atom is 0.269 e. The van der Waals surface area contributed by atoms with Gasteiger partial charge < -0.3 is 10.4 Å². The van der Waals surface area contributed by atoms with Gasteiger partial charge in [-0.3, -0.25) is 14.9 Å². The molecule has 6 nitrogen and oxygen atoms in total. The van der Waals surface area contributed by atoms with Crippen LogP contribution < -0.4 is 5.32 Å². The van der Waals surface area contributed by atoms with Gasteiger partial charge in [0.25, 0.3) is 11.6 Å². The Hall–Kier alpha value is -1.95. The summed E-state index contributed by atoms with van der Waals surface area (Å²) >= 11 is 0. The van der Waals surface area contributed by atoms with E-state index in [4.69, 9.17) is 0 Å². The van der Waals surface area contributed by atoms with Crippen LogP contribution in [0.2, 0.25) is 0 Å². The number of nitrogens with one attached hydrogen (secondary N) is 1. The van der Waals surface area contributed by atoms with Crippen LogP contribution in [0.1, 0.15) is 41.6 Å². The maximum absolute atomic E-state index is 12.3. The van der Waals surface area contributed by atoms with Gasteiger partial charge in [-0.2, -0.15) is 0 Å². The van der Waals surface area contributed by atoms with E-state index in [1.54, 1.807) is 6.92 Å². The second-order valence-corrected chi connectivity index (χ2v) is 5.56. The van der Waals surface area contributed by atoms with E-state index >= 15 is 0 Å². The molecule has 0 heterocycles. The molecule has 6 heteroatoms. The minimum absolute atomic E-state index is 0.0186. The van der Waals surface area contributed by atoms with Gasteiger partial charge >= 0.3 is 0 Å². The van der Waals surface area contributed by atoms with Crippen molar-refractivity contribution < 1.29 is 14.8 Å². The van der Waals surface area contributed by atoms with Gasteiger partial charge in [-0.05, 0) is 31.4 Å². The molecule has 2 atom stereocenters. The maximum atomic E-state index is 12.3. The molecular formula is C15H20N2O4. The van der Waals surface area contributed by atoms with E-state index in [1.807, 2.05) is 0 Å². The molecule has 0 saturated heterocycles. The summed E-state index contributed by atoms with van der Waals surface area (Å²) in [4.78, 5) is 22.5. The summed E-state index contributed by atoms with van der Waals surface area (Å²) in [5, 5.41) is 23.0. The highest BCUT2D eigenvalue weighted by molar-refractivity contribution is 5.96. The average molecular weight is 292 g/mol. The summed E-state index contributed by atoms with van der Waals surface area (Å²) in [5.41, 5.74) is 1.01. The molecule has 2 unspecified atom stereocenters. The van der Waals surface area contributed by atoms with E-state index in [0.29, 0.717) is 11.1 Å². The van der Waals surface area contributed by atoms with Crippen LogP contribution in [0, 0.1) is 23.0 Å². The lowest BCUT2D eigenvalue weighted by Gasteiger charge is -2.31. The number of nitrogens with zero attached hydrogens (tertiary/aromatic N) is 1. The van der Waals surface area contributed by atoms with Gasteiger partial charge in [-0.25, -0.2) is 0 Å². The lowest BCUT2D eigenvalue weighted by atomic mass is 9.85. The van der Waals surface area contributed by atoms with Crippen molar-refractivity contribution in [1.29, 1.82) is 0 Å². The number of nitro benzene ring substituents is 1.